The van der Waals surface area contributed by atoms with Crippen LogP contribution in [0.2, 0.25) is 0 Å². The summed E-state index contributed by atoms with van der Waals surface area (Å²) in [5.74, 6) is -0.289. The van der Waals surface area contributed by atoms with E-state index in [1.807, 2.05) is 6.26 Å². The molecule has 0 aliphatic rings. The van der Waals surface area contributed by atoms with Crippen LogP contribution in [-0.4, -0.2) is 18.1 Å². The van der Waals surface area contributed by atoms with Crippen molar-refractivity contribution >= 4 is 24.2 Å². The van der Waals surface area contributed by atoms with Crippen LogP contribution in [0, 0.1) is 11.6 Å². The second kappa shape index (κ2) is 7.04. The minimum absolute atomic E-state index is 0. The van der Waals surface area contributed by atoms with Crippen LogP contribution in [0.4, 0.5) is 8.78 Å². The van der Waals surface area contributed by atoms with Crippen molar-refractivity contribution in [1.29, 1.82) is 0 Å². The van der Waals surface area contributed by atoms with Gasteiger partial charge in [-0.3, -0.25) is 0 Å². The van der Waals surface area contributed by atoms with E-state index in [0.717, 1.165) is 11.8 Å². The number of nitrogens with two attached hydrogens (primary N) is 1. The maximum absolute atomic E-state index is 13.1. The molecule has 0 fully saturated rings. The van der Waals surface area contributed by atoms with Gasteiger partial charge in [-0.25, -0.2) is 8.78 Å². The molecule has 1 atom stereocenters. The van der Waals surface area contributed by atoms with Crippen LogP contribution >= 0.6 is 24.2 Å². The molecule has 0 amide bonds. The smallest absolute Gasteiger partial charge is 0.129 e. The Morgan fingerprint density at radius 3 is 2.60 bits per heavy atom. The van der Waals surface area contributed by atoms with Gasteiger partial charge in [-0.2, -0.15) is 11.8 Å². The Bertz CT molecular complexity index is 309. The molecule has 0 aliphatic heterocycles. The van der Waals surface area contributed by atoms with Gasteiger partial charge in [-0.1, -0.05) is 6.07 Å². The Labute approximate surface area is 98.8 Å². The average molecular weight is 254 g/mol. The van der Waals surface area contributed by atoms with Crippen LogP contribution in [0.1, 0.15) is 5.56 Å². The van der Waals surface area contributed by atoms with Gasteiger partial charge in [0.2, 0.25) is 0 Å². The first-order valence-corrected chi connectivity index (χ1v) is 5.71. The number of halogens is 3. The Balaban J connectivity index is 0.00000196. The van der Waals surface area contributed by atoms with Crippen LogP contribution in [0.5, 0.6) is 0 Å². The molecule has 86 valence electrons. The lowest BCUT2D eigenvalue weighted by Crippen LogP contribution is -2.25. The van der Waals surface area contributed by atoms with Crippen LogP contribution in [-0.2, 0) is 6.42 Å². The van der Waals surface area contributed by atoms with Crippen molar-refractivity contribution < 1.29 is 8.78 Å². The van der Waals surface area contributed by atoms with Gasteiger partial charge in [0.05, 0.1) is 0 Å². The van der Waals surface area contributed by atoms with Crippen LogP contribution < -0.4 is 5.73 Å². The third kappa shape index (κ3) is 4.82. The summed E-state index contributed by atoms with van der Waals surface area (Å²) in [6.45, 7) is 0. The molecule has 1 unspecified atom stereocenters. The molecule has 0 bridgehead atoms. The van der Waals surface area contributed by atoms with Gasteiger partial charge in [0.15, 0.2) is 0 Å². The quantitative estimate of drug-likeness (QED) is 0.893. The Morgan fingerprint density at radius 2 is 2.07 bits per heavy atom. The maximum Gasteiger partial charge on any atom is 0.129 e. The molecule has 0 heterocycles. The first-order valence-electron chi connectivity index (χ1n) is 4.32. The normalized spacial score (nSPS) is 12.0. The van der Waals surface area contributed by atoms with Crippen LogP contribution in [0.25, 0.3) is 0 Å². The van der Waals surface area contributed by atoms with Gasteiger partial charge in [0.1, 0.15) is 11.6 Å². The third-order valence-electron chi connectivity index (χ3n) is 1.88. The topological polar surface area (TPSA) is 26.0 Å². The maximum atomic E-state index is 13.1. The van der Waals surface area contributed by atoms with E-state index in [1.165, 1.54) is 12.1 Å². The fraction of sp³-hybridized carbons (Fsp3) is 0.400. The first-order chi connectivity index (χ1) is 6.63. The van der Waals surface area contributed by atoms with Crippen molar-refractivity contribution in [3.8, 4) is 0 Å². The van der Waals surface area contributed by atoms with Gasteiger partial charge in [-0.05, 0) is 24.3 Å². The highest BCUT2D eigenvalue weighted by atomic mass is 35.5. The predicted molar refractivity (Wildman–Crippen MR) is 63.7 cm³/mol. The van der Waals surface area contributed by atoms with Crippen molar-refractivity contribution in [2.24, 2.45) is 5.73 Å². The molecular formula is C10H14ClF2NS. The number of rotatable bonds is 4. The van der Waals surface area contributed by atoms with Crippen molar-refractivity contribution in [2.75, 3.05) is 12.0 Å². The Kier molecular flexibility index (Phi) is 6.89. The average Bonchev–Trinajstić information content (AvgIpc) is 2.10. The second-order valence-electron chi connectivity index (χ2n) is 3.16. The van der Waals surface area contributed by atoms with E-state index in [9.17, 15) is 8.78 Å². The van der Waals surface area contributed by atoms with Crippen LogP contribution in [0.3, 0.4) is 0 Å². The molecular weight excluding hydrogens is 240 g/mol. The van der Waals surface area contributed by atoms with Crippen molar-refractivity contribution in [2.45, 2.75) is 12.5 Å². The molecule has 0 spiro atoms. The van der Waals surface area contributed by atoms with Crippen molar-refractivity contribution in [3.63, 3.8) is 0 Å². The zero-order chi connectivity index (χ0) is 10.6. The first kappa shape index (κ1) is 14.7. The van der Waals surface area contributed by atoms with E-state index in [0.29, 0.717) is 12.0 Å². The van der Waals surface area contributed by atoms with E-state index in [4.69, 9.17) is 5.73 Å². The summed E-state index contributed by atoms with van der Waals surface area (Å²) >= 11 is 1.62. The summed E-state index contributed by atoms with van der Waals surface area (Å²) in [7, 11) is 0. The zero-order valence-corrected chi connectivity index (χ0v) is 10.0. The van der Waals surface area contributed by atoms with E-state index in [2.05, 4.69) is 0 Å². The molecule has 1 aromatic rings. The van der Waals surface area contributed by atoms with Crippen molar-refractivity contribution in [3.05, 3.63) is 35.4 Å². The lowest BCUT2D eigenvalue weighted by molar-refractivity contribution is 0.565. The van der Waals surface area contributed by atoms with Gasteiger partial charge in [-0.15, -0.1) is 12.4 Å². The minimum Gasteiger partial charge on any atom is -0.327 e. The number of hydrogen-bond donors (Lipinski definition) is 1. The van der Waals surface area contributed by atoms with E-state index in [1.54, 1.807) is 11.8 Å². The van der Waals surface area contributed by atoms with E-state index >= 15 is 0 Å². The monoisotopic (exact) mass is 253 g/mol. The predicted octanol–water partition coefficient (Wildman–Crippen LogP) is 2.62. The molecule has 1 nitrogen and oxygen atoms in total. The molecule has 2 N–H and O–H groups in total. The minimum atomic E-state index is -0.551. The van der Waals surface area contributed by atoms with Gasteiger partial charge < -0.3 is 5.73 Å². The Morgan fingerprint density at radius 1 is 1.40 bits per heavy atom. The molecule has 0 radical (unpaired) electrons. The Hall–Kier alpha value is -0.320. The lowest BCUT2D eigenvalue weighted by Gasteiger charge is -2.10. The second-order valence-corrected chi connectivity index (χ2v) is 4.07. The standard InChI is InChI=1S/C10H13F2NS.ClH/c1-14-6-9(13)4-7-2-3-8(11)5-10(7)12;/h2-3,5,9H,4,6,13H2,1H3;1H. The molecule has 1 aromatic carbocycles. The highest BCUT2D eigenvalue weighted by molar-refractivity contribution is 7.98. The molecule has 0 saturated carbocycles. The fourth-order valence-electron chi connectivity index (χ4n) is 1.24. The third-order valence-corrected chi connectivity index (χ3v) is 2.64. The summed E-state index contributed by atoms with van der Waals surface area (Å²) < 4.78 is 25.7. The highest BCUT2D eigenvalue weighted by Crippen LogP contribution is 2.12. The SMILES string of the molecule is CSCC(N)Cc1ccc(F)cc1F.Cl. The number of thioether (sulfide) groups is 1. The molecule has 1 rings (SSSR count). The lowest BCUT2D eigenvalue weighted by atomic mass is 10.1. The number of benzene rings is 1. The summed E-state index contributed by atoms with van der Waals surface area (Å²) in [4.78, 5) is 0. The van der Waals surface area contributed by atoms with E-state index < -0.39 is 11.6 Å². The van der Waals surface area contributed by atoms with Crippen LogP contribution in [0.15, 0.2) is 18.2 Å². The summed E-state index contributed by atoms with van der Waals surface area (Å²) in [6.07, 6.45) is 2.40. The van der Waals surface area contributed by atoms with Crippen molar-refractivity contribution in [1.82, 2.24) is 0 Å². The zero-order valence-electron chi connectivity index (χ0n) is 8.37. The molecule has 5 heteroatoms. The molecule has 0 saturated heterocycles. The molecule has 15 heavy (non-hydrogen) atoms. The molecule has 0 aromatic heterocycles. The largest absolute Gasteiger partial charge is 0.327 e. The summed E-state index contributed by atoms with van der Waals surface area (Å²) in [6, 6.07) is 3.51. The highest BCUT2D eigenvalue weighted by Gasteiger charge is 2.08. The fourth-order valence-corrected chi connectivity index (χ4v) is 1.79. The molecule has 0 aliphatic carbocycles. The van der Waals surface area contributed by atoms with Gasteiger partial charge in [0.25, 0.3) is 0 Å². The summed E-state index contributed by atoms with van der Waals surface area (Å²) in [5, 5.41) is 0. The van der Waals surface area contributed by atoms with Gasteiger partial charge in [0, 0.05) is 17.9 Å². The van der Waals surface area contributed by atoms with Gasteiger partial charge >= 0.3 is 0 Å². The number of hydrogen-bond acceptors (Lipinski definition) is 2. The summed E-state index contributed by atoms with van der Waals surface area (Å²) in [5.41, 5.74) is 6.22. The van der Waals surface area contributed by atoms with E-state index in [-0.39, 0.29) is 18.4 Å².